The number of hydrogen-bond acceptors (Lipinski definition) is 0. The van der Waals surface area contributed by atoms with E-state index in [1.165, 1.54) is 19.9 Å². The van der Waals surface area contributed by atoms with Crippen LogP contribution >= 0.6 is 38.5 Å². The lowest BCUT2D eigenvalue weighted by Crippen LogP contribution is -1.79. The Hall–Kier alpha value is -0.0900. The maximum atomic E-state index is 3.46. The zero-order valence-corrected chi connectivity index (χ0v) is 10.7. The number of benzene rings is 2. The van der Waals surface area contributed by atoms with Crippen LogP contribution in [0.5, 0.6) is 0 Å². The van der Waals surface area contributed by atoms with E-state index in [0.717, 1.165) is 5.33 Å². The van der Waals surface area contributed by atoms with E-state index in [-0.39, 0.29) is 0 Å². The molecule has 0 radical (unpaired) electrons. The van der Waals surface area contributed by atoms with Gasteiger partial charge in [0.1, 0.15) is 0 Å². The predicted octanol–water partition coefficient (Wildman–Crippen LogP) is 4.34. The smallest absolute Gasteiger partial charge is 0.0283 e. The second-order valence-corrected chi connectivity index (χ2v) is 4.77. The van der Waals surface area contributed by atoms with E-state index in [0.29, 0.717) is 0 Å². The van der Waals surface area contributed by atoms with Crippen LogP contribution in [0, 0.1) is 3.57 Å². The minimum absolute atomic E-state index is 0.926. The van der Waals surface area contributed by atoms with Crippen molar-refractivity contribution in [3.05, 3.63) is 45.5 Å². The van der Waals surface area contributed by atoms with Crippen LogP contribution in [0.25, 0.3) is 10.8 Å². The van der Waals surface area contributed by atoms with E-state index >= 15 is 0 Å². The predicted molar refractivity (Wildman–Crippen MR) is 69.3 cm³/mol. The van der Waals surface area contributed by atoms with Gasteiger partial charge in [-0.25, -0.2) is 0 Å². The molecule has 2 heteroatoms. The van der Waals surface area contributed by atoms with E-state index in [4.69, 9.17) is 0 Å². The molecule has 0 saturated heterocycles. The summed E-state index contributed by atoms with van der Waals surface area (Å²) in [6.45, 7) is 0. The van der Waals surface area contributed by atoms with E-state index < -0.39 is 0 Å². The van der Waals surface area contributed by atoms with Crippen molar-refractivity contribution in [3.63, 3.8) is 0 Å². The summed E-state index contributed by atoms with van der Waals surface area (Å²) < 4.78 is 1.29. The molecule has 2 aromatic rings. The summed E-state index contributed by atoms with van der Waals surface area (Å²) in [7, 11) is 0. The molecule has 0 saturated carbocycles. The first-order valence-corrected chi connectivity index (χ1v) is 6.24. The van der Waals surface area contributed by atoms with E-state index in [9.17, 15) is 0 Å². The van der Waals surface area contributed by atoms with Crippen molar-refractivity contribution in [2.45, 2.75) is 5.33 Å². The molecule has 0 N–H and O–H groups in total. The Balaban J connectivity index is 2.66. The van der Waals surface area contributed by atoms with Crippen molar-refractivity contribution in [3.8, 4) is 0 Å². The molecular formula is C11H8BrI. The molecule has 0 bridgehead atoms. The molecule has 0 aliphatic heterocycles. The summed E-state index contributed by atoms with van der Waals surface area (Å²) in [5, 5.41) is 3.56. The summed E-state index contributed by atoms with van der Waals surface area (Å²) in [6, 6.07) is 13.1. The first-order chi connectivity index (χ1) is 6.29. The molecule has 0 unspecified atom stereocenters. The van der Waals surface area contributed by atoms with Gasteiger partial charge in [-0.2, -0.15) is 0 Å². The Bertz CT molecular complexity index is 437. The Kier molecular flexibility index (Phi) is 2.89. The van der Waals surface area contributed by atoms with Crippen LogP contribution in [0.2, 0.25) is 0 Å². The maximum absolute atomic E-state index is 3.46. The standard InChI is InChI=1S/C11H8BrI/c12-7-8-1-2-10-6-11(13)4-3-9(10)5-8/h1-6H,7H2. The highest BCUT2D eigenvalue weighted by atomic mass is 127. The zero-order valence-electron chi connectivity index (χ0n) is 6.93. The second-order valence-electron chi connectivity index (χ2n) is 2.96. The molecule has 0 atom stereocenters. The molecule has 0 fully saturated rings. The first-order valence-electron chi connectivity index (χ1n) is 4.04. The average molecular weight is 347 g/mol. The van der Waals surface area contributed by atoms with Crippen LogP contribution in [-0.2, 0) is 5.33 Å². The molecule has 0 amide bonds. The topological polar surface area (TPSA) is 0 Å². The number of rotatable bonds is 1. The quantitative estimate of drug-likeness (QED) is 0.532. The summed E-state index contributed by atoms with van der Waals surface area (Å²) in [5.41, 5.74) is 1.33. The van der Waals surface area contributed by atoms with Gasteiger partial charge in [-0.3, -0.25) is 0 Å². The Morgan fingerprint density at radius 3 is 2.46 bits per heavy atom. The molecular weight excluding hydrogens is 339 g/mol. The Morgan fingerprint density at radius 1 is 1.00 bits per heavy atom. The van der Waals surface area contributed by atoms with Gasteiger partial charge in [0, 0.05) is 8.90 Å². The normalized spacial score (nSPS) is 10.6. The lowest BCUT2D eigenvalue weighted by atomic mass is 10.1. The summed E-state index contributed by atoms with van der Waals surface area (Å²) >= 11 is 5.79. The minimum Gasteiger partial charge on any atom is -0.0876 e. The fraction of sp³-hybridized carbons (Fsp3) is 0.0909. The number of fused-ring (bicyclic) bond motifs is 1. The summed E-state index contributed by atoms with van der Waals surface area (Å²) in [4.78, 5) is 0. The summed E-state index contributed by atoms with van der Waals surface area (Å²) in [6.07, 6.45) is 0. The largest absolute Gasteiger partial charge is 0.0876 e. The highest BCUT2D eigenvalue weighted by molar-refractivity contribution is 14.1. The molecule has 2 rings (SSSR count). The molecule has 13 heavy (non-hydrogen) atoms. The molecule has 66 valence electrons. The Morgan fingerprint density at radius 2 is 1.69 bits per heavy atom. The van der Waals surface area contributed by atoms with Crippen LogP contribution in [0.1, 0.15) is 5.56 Å². The van der Waals surface area contributed by atoms with Crippen molar-refractivity contribution in [2.75, 3.05) is 0 Å². The third-order valence-corrected chi connectivity index (χ3v) is 3.34. The van der Waals surface area contributed by atoms with Gasteiger partial charge in [-0.05, 0) is 51.1 Å². The SMILES string of the molecule is BrCc1ccc2cc(I)ccc2c1. The molecule has 2 aromatic carbocycles. The lowest BCUT2D eigenvalue weighted by molar-refractivity contribution is 1.46. The fourth-order valence-corrected chi connectivity index (χ4v) is 2.21. The van der Waals surface area contributed by atoms with Crippen molar-refractivity contribution >= 4 is 49.3 Å². The summed E-state index contributed by atoms with van der Waals surface area (Å²) in [5.74, 6) is 0. The molecule has 0 aromatic heterocycles. The average Bonchev–Trinajstić information content (AvgIpc) is 2.17. The van der Waals surface area contributed by atoms with Crippen LogP contribution in [0.3, 0.4) is 0 Å². The van der Waals surface area contributed by atoms with Crippen LogP contribution in [0.4, 0.5) is 0 Å². The molecule has 0 aliphatic carbocycles. The van der Waals surface area contributed by atoms with Crippen LogP contribution in [0.15, 0.2) is 36.4 Å². The molecule has 0 heterocycles. The highest BCUT2D eigenvalue weighted by Crippen LogP contribution is 2.19. The van der Waals surface area contributed by atoms with Gasteiger partial charge in [0.2, 0.25) is 0 Å². The number of halogens is 2. The van der Waals surface area contributed by atoms with Gasteiger partial charge >= 0.3 is 0 Å². The van der Waals surface area contributed by atoms with Gasteiger partial charge < -0.3 is 0 Å². The van der Waals surface area contributed by atoms with Gasteiger partial charge in [-0.1, -0.05) is 40.2 Å². The first kappa shape index (κ1) is 9.46. The monoisotopic (exact) mass is 346 g/mol. The number of hydrogen-bond donors (Lipinski definition) is 0. The second kappa shape index (κ2) is 3.96. The van der Waals surface area contributed by atoms with Crippen LogP contribution < -0.4 is 0 Å². The Labute approximate surface area is 99.6 Å². The van der Waals surface area contributed by atoms with Crippen LogP contribution in [-0.4, -0.2) is 0 Å². The van der Waals surface area contributed by atoms with E-state index in [1.54, 1.807) is 0 Å². The van der Waals surface area contributed by atoms with E-state index in [1.807, 2.05) is 0 Å². The van der Waals surface area contributed by atoms with Gasteiger partial charge in [-0.15, -0.1) is 0 Å². The van der Waals surface area contributed by atoms with Crippen molar-refractivity contribution in [1.82, 2.24) is 0 Å². The third-order valence-electron chi connectivity index (χ3n) is 2.02. The fourth-order valence-electron chi connectivity index (χ4n) is 1.35. The molecule has 0 aliphatic rings. The molecule has 0 nitrogen and oxygen atoms in total. The van der Waals surface area contributed by atoms with Gasteiger partial charge in [0.25, 0.3) is 0 Å². The van der Waals surface area contributed by atoms with Crippen molar-refractivity contribution < 1.29 is 0 Å². The van der Waals surface area contributed by atoms with Crippen molar-refractivity contribution in [1.29, 1.82) is 0 Å². The zero-order chi connectivity index (χ0) is 9.26. The lowest BCUT2D eigenvalue weighted by Gasteiger charge is -2.00. The maximum Gasteiger partial charge on any atom is 0.0283 e. The highest BCUT2D eigenvalue weighted by Gasteiger charge is 1.95. The minimum atomic E-state index is 0.926. The van der Waals surface area contributed by atoms with Crippen molar-refractivity contribution in [2.24, 2.45) is 0 Å². The van der Waals surface area contributed by atoms with E-state index in [2.05, 4.69) is 74.9 Å². The number of alkyl halides is 1. The third kappa shape index (κ3) is 2.05. The molecule has 0 spiro atoms. The van der Waals surface area contributed by atoms with Gasteiger partial charge in [0.05, 0.1) is 0 Å². The van der Waals surface area contributed by atoms with Gasteiger partial charge in [0.15, 0.2) is 0 Å².